The number of hydrogen-bond donors (Lipinski definition) is 2. The summed E-state index contributed by atoms with van der Waals surface area (Å²) >= 11 is 2.88. The van der Waals surface area contributed by atoms with Crippen molar-refractivity contribution in [2.24, 2.45) is 0 Å². The molecule has 1 heterocycles. The summed E-state index contributed by atoms with van der Waals surface area (Å²) in [5.74, 6) is -0.279. The largest absolute Gasteiger partial charge is 0.335 e. The van der Waals surface area contributed by atoms with E-state index in [2.05, 4.69) is 15.6 Å². The molecule has 2 rings (SSSR count). The number of carbonyl (C=O) groups is 2. The Morgan fingerprint density at radius 3 is 2.75 bits per heavy atom. The summed E-state index contributed by atoms with van der Waals surface area (Å²) in [5.41, 5.74) is 0.948. The smallest absolute Gasteiger partial charge is 0.321 e. The lowest BCUT2D eigenvalue weighted by Crippen LogP contribution is -2.45. The zero-order valence-electron chi connectivity index (χ0n) is 11.6. The first kappa shape index (κ1) is 15.3. The summed E-state index contributed by atoms with van der Waals surface area (Å²) in [7, 11) is 0. The molecule has 7 heteroatoms. The molecule has 5 nitrogen and oxygen atoms in total. The van der Waals surface area contributed by atoms with Gasteiger partial charge in [0.15, 0.2) is 4.34 Å². The van der Waals surface area contributed by atoms with Gasteiger partial charge < -0.3 is 5.32 Å². The number of hydrogen-bond acceptors (Lipinski definition) is 5. The van der Waals surface area contributed by atoms with Gasteiger partial charge in [-0.3, -0.25) is 10.1 Å². The molecule has 1 aliphatic rings. The number of nitrogens with zero attached hydrogens (tertiary/aromatic N) is 1. The summed E-state index contributed by atoms with van der Waals surface area (Å²) in [6.45, 7) is 3.69. The summed E-state index contributed by atoms with van der Waals surface area (Å²) in [4.78, 5) is 27.9. The lowest BCUT2D eigenvalue weighted by atomic mass is 10.2. The van der Waals surface area contributed by atoms with Crippen LogP contribution in [-0.4, -0.2) is 28.2 Å². The average molecular weight is 313 g/mol. The van der Waals surface area contributed by atoms with E-state index in [1.165, 1.54) is 23.1 Å². The van der Waals surface area contributed by atoms with E-state index < -0.39 is 0 Å². The number of urea groups is 1. The van der Waals surface area contributed by atoms with Crippen LogP contribution in [0.1, 0.15) is 38.3 Å². The van der Waals surface area contributed by atoms with E-state index in [1.807, 2.05) is 12.3 Å². The van der Waals surface area contributed by atoms with Gasteiger partial charge in [0.1, 0.15) is 0 Å². The van der Waals surface area contributed by atoms with Gasteiger partial charge in [0.25, 0.3) is 0 Å². The highest BCUT2D eigenvalue weighted by molar-refractivity contribution is 8.02. The van der Waals surface area contributed by atoms with Crippen LogP contribution in [0, 0.1) is 6.92 Å². The van der Waals surface area contributed by atoms with Crippen LogP contribution in [0.5, 0.6) is 0 Å². The Kier molecular flexibility index (Phi) is 5.42. The van der Waals surface area contributed by atoms with Crippen LogP contribution in [-0.2, 0) is 4.79 Å². The highest BCUT2D eigenvalue weighted by atomic mass is 32.2. The molecule has 0 spiro atoms. The second kappa shape index (κ2) is 7.08. The minimum atomic E-state index is -0.385. The van der Waals surface area contributed by atoms with Crippen molar-refractivity contribution >= 4 is 35.0 Å². The molecule has 1 aliphatic carbocycles. The van der Waals surface area contributed by atoms with Gasteiger partial charge in [-0.05, 0) is 26.7 Å². The number of rotatable bonds is 4. The Hall–Kier alpha value is -1.08. The van der Waals surface area contributed by atoms with E-state index in [-0.39, 0.29) is 23.2 Å². The van der Waals surface area contributed by atoms with E-state index in [0.29, 0.717) is 0 Å². The SMILES string of the molecule is Cc1csc(S[C@H](C)C(=O)NC(=O)NC2CCCC2)n1. The number of aryl methyl sites for hydroxylation is 1. The van der Waals surface area contributed by atoms with Crippen molar-refractivity contribution < 1.29 is 9.59 Å². The van der Waals surface area contributed by atoms with Gasteiger partial charge in [0.05, 0.1) is 5.25 Å². The molecule has 0 saturated heterocycles. The Morgan fingerprint density at radius 1 is 1.45 bits per heavy atom. The van der Waals surface area contributed by atoms with E-state index in [1.54, 1.807) is 6.92 Å². The summed E-state index contributed by atoms with van der Waals surface area (Å²) < 4.78 is 0.848. The van der Waals surface area contributed by atoms with Crippen molar-refractivity contribution in [3.05, 3.63) is 11.1 Å². The van der Waals surface area contributed by atoms with Gasteiger partial charge in [-0.1, -0.05) is 24.6 Å². The fraction of sp³-hybridized carbons (Fsp3) is 0.615. The van der Waals surface area contributed by atoms with Crippen LogP contribution in [0.2, 0.25) is 0 Å². The zero-order chi connectivity index (χ0) is 14.5. The number of amides is 3. The number of thioether (sulfide) groups is 1. The van der Waals surface area contributed by atoms with Crippen molar-refractivity contribution in [3.8, 4) is 0 Å². The summed E-state index contributed by atoms with van der Waals surface area (Å²) in [6, 6.07) is -0.169. The fourth-order valence-corrected chi connectivity index (χ4v) is 4.08. The normalized spacial score (nSPS) is 16.9. The molecule has 1 atom stereocenters. The van der Waals surface area contributed by atoms with E-state index in [4.69, 9.17) is 0 Å². The van der Waals surface area contributed by atoms with Crippen LogP contribution in [0.3, 0.4) is 0 Å². The second-order valence-corrected chi connectivity index (χ2v) is 7.40. The Bertz CT molecular complexity index is 484. The van der Waals surface area contributed by atoms with Crippen LogP contribution in [0.15, 0.2) is 9.72 Å². The van der Waals surface area contributed by atoms with Crippen molar-refractivity contribution in [1.29, 1.82) is 0 Å². The summed E-state index contributed by atoms with van der Waals surface area (Å²) in [6.07, 6.45) is 4.30. The predicted octanol–water partition coefficient (Wildman–Crippen LogP) is 2.70. The molecule has 2 N–H and O–H groups in total. The molecule has 20 heavy (non-hydrogen) atoms. The molecule has 110 valence electrons. The number of carbonyl (C=O) groups excluding carboxylic acids is 2. The maximum Gasteiger partial charge on any atom is 0.321 e. The summed E-state index contributed by atoms with van der Waals surface area (Å²) in [5, 5.41) is 6.85. The van der Waals surface area contributed by atoms with Crippen LogP contribution < -0.4 is 10.6 Å². The Morgan fingerprint density at radius 2 is 2.15 bits per heavy atom. The van der Waals surface area contributed by atoms with Crippen LogP contribution in [0.4, 0.5) is 4.79 Å². The molecule has 0 unspecified atom stereocenters. The first-order valence-corrected chi connectivity index (χ1v) is 8.50. The van der Waals surface area contributed by atoms with E-state index >= 15 is 0 Å². The topological polar surface area (TPSA) is 71.1 Å². The molecule has 3 amide bonds. The molecule has 0 bridgehead atoms. The van der Waals surface area contributed by atoms with Gasteiger partial charge in [-0.15, -0.1) is 11.3 Å². The lowest BCUT2D eigenvalue weighted by Gasteiger charge is -2.14. The first-order chi connectivity index (χ1) is 9.54. The number of imide groups is 1. The third-order valence-corrected chi connectivity index (χ3v) is 5.36. The molecule has 0 aliphatic heterocycles. The van der Waals surface area contributed by atoms with Crippen molar-refractivity contribution in [2.45, 2.75) is 55.2 Å². The van der Waals surface area contributed by atoms with Gasteiger partial charge in [0.2, 0.25) is 5.91 Å². The standard InChI is InChI=1S/C13H19N3O2S2/c1-8-7-19-13(14-8)20-9(2)11(17)16-12(18)15-10-5-3-4-6-10/h7,9-10H,3-6H2,1-2H3,(H2,15,16,17,18)/t9-/m1/s1. The molecule has 1 fully saturated rings. The van der Waals surface area contributed by atoms with E-state index in [0.717, 1.165) is 35.7 Å². The predicted molar refractivity (Wildman–Crippen MR) is 81.1 cm³/mol. The van der Waals surface area contributed by atoms with Crippen LogP contribution >= 0.6 is 23.1 Å². The monoisotopic (exact) mass is 313 g/mol. The second-order valence-electron chi connectivity index (χ2n) is 4.96. The fourth-order valence-electron chi connectivity index (χ4n) is 2.10. The number of aromatic nitrogens is 1. The molecule has 0 radical (unpaired) electrons. The Labute approximate surface area is 126 Å². The highest BCUT2D eigenvalue weighted by Crippen LogP contribution is 2.26. The first-order valence-electron chi connectivity index (χ1n) is 6.74. The maximum atomic E-state index is 11.9. The molecule has 1 saturated carbocycles. The van der Waals surface area contributed by atoms with Crippen molar-refractivity contribution in [1.82, 2.24) is 15.6 Å². The molecular formula is C13H19N3O2S2. The van der Waals surface area contributed by atoms with Gasteiger partial charge in [-0.2, -0.15) is 0 Å². The zero-order valence-corrected chi connectivity index (χ0v) is 13.3. The lowest BCUT2D eigenvalue weighted by molar-refractivity contribution is -0.119. The van der Waals surface area contributed by atoms with Gasteiger partial charge in [-0.25, -0.2) is 9.78 Å². The van der Waals surface area contributed by atoms with E-state index in [9.17, 15) is 9.59 Å². The number of nitrogens with one attached hydrogen (secondary N) is 2. The molecule has 0 aromatic carbocycles. The average Bonchev–Trinajstić information content (AvgIpc) is 3.01. The van der Waals surface area contributed by atoms with Gasteiger partial charge in [0, 0.05) is 17.1 Å². The highest BCUT2D eigenvalue weighted by Gasteiger charge is 2.21. The third kappa shape index (κ3) is 4.49. The minimum absolute atomic E-state index is 0.215. The Balaban J connectivity index is 1.76. The molecular weight excluding hydrogens is 294 g/mol. The van der Waals surface area contributed by atoms with Crippen molar-refractivity contribution in [3.63, 3.8) is 0 Å². The minimum Gasteiger partial charge on any atom is -0.335 e. The van der Waals surface area contributed by atoms with Crippen molar-refractivity contribution in [2.75, 3.05) is 0 Å². The quantitative estimate of drug-likeness (QED) is 0.838. The van der Waals surface area contributed by atoms with Gasteiger partial charge >= 0.3 is 6.03 Å². The van der Waals surface area contributed by atoms with Crippen LogP contribution in [0.25, 0.3) is 0 Å². The maximum absolute atomic E-state index is 11.9. The molecule has 1 aromatic heterocycles. The number of thiazole rings is 1. The molecule has 1 aromatic rings. The third-order valence-electron chi connectivity index (χ3n) is 3.17.